The lowest BCUT2D eigenvalue weighted by atomic mass is 9.76. The topological polar surface area (TPSA) is 82.3 Å². The Hall–Kier alpha value is -2.11. The highest BCUT2D eigenvalue weighted by molar-refractivity contribution is 5.94. The summed E-state index contributed by atoms with van der Waals surface area (Å²) >= 11 is 0. The van der Waals surface area contributed by atoms with Gasteiger partial charge in [0.25, 0.3) is 11.5 Å². The molecule has 1 aromatic rings. The summed E-state index contributed by atoms with van der Waals surface area (Å²) in [5.74, 6) is -0.308. The Bertz CT molecular complexity index is 794. The summed E-state index contributed by atoms with van der Waals surface area (Å²) in [6.45, 7) is 9.23. The van der Waals surface area contributed by atoms with Crippen molar-refractivity contribution in [2.45, 2.75) is 65.8 Å². The van der Waals surface area contributed by atoms with Crippen molar-refractivity contribution in [1.82, 2.24) is 15.2 Å². The van der Waals surface area contributed by atoms with Gasteiger partial charge in [0.15, 0.2) is 0 Å². The lowest BCUT2D eigenvalue weighted by molar-refractivity contribution is -0.125. The van der Waals surface area contributed by atoms with E-state index in [-0.39, 0.29) is 40.3 Å². The fraction of sp³-hybridized carbons (Fsp3) is 0.667. The summed E-state index contributed by atoms with van der Waals surface area (Å²) in [6, 6.07) is 1.75. The van der Waals surface area contributed by atoms with E-state index in [4.69, 9.17) is 0 Å². The minimum atomic E-state index is -0.299. The van der Waals surface area contributed by atoms with Gasteiger partial charge in [-0.3, -0.25) is 14.4 Å². The molecule has 1 atom stereocenters. The smallest absolute Gasteiger partial charge is 0.261 e. The van der Waals surface area contributed by atoms with Crippen LogP contribution in [0, 0.1) is 11.3 Å². The fourth-order valence-corrected chi connectivity index (χ4v) is 4.04. The molecule has 27 heavy (non-hydrogen) atoms. The van der Waals surface area contributed by atoms with Crippen LogP contribution in [0.4, 0.5) is 0 Å². The van der Waals surface area contributed by atoms with Crippen molar-refractivity contribution in [3.05, 3.63) is 33.2 Å². The Morgan fingerprint density at radius 1 is 1.33 bits per heavy atom. The summed E-state index contributed by atoms with van der Waals surface area (Å²) in [6.07, 6.45) is 4.43. The van der Waals surface area contributed by atoms with Crippen molar-refractivity contribution in [2.24, 2.45) is 11.3 Å². The molecular formula is C21H31N3O3. The quantitative estimate of drug-likeness (QED) is 0.853. The Morgan fingerprint density at radius 3 is 2.78 bits per heavy atom. The second-order valence-electron chi connectivity index (χ2n) is 9.11. The molecule has 2 aliphatic rings. The number of hydrogen-bond donors (Lipinski definition) is 2. The highest BCUT2D eigenvalue weighted by atomic mass is 16.2. The van der Waals surface area contributed by atoms with E-state index in [1.54, 1.807) is 11.0 Å². The van der Waals surface area contributed by atoms with Crippen LogP contribution in [0.3, 0.4) is 0 Å². The molecule has 0 bridgehead atoms. The molecule has 1 aromatic heterocycles. The number of likely N-dealkylation sites (tertiary alicyclic amines) is 1. The molecule has 0 radical (unpaired) electrons. The molecule has 1 fully saturated rings. The Morgan fingerprint density at radius 2 is 2.07 bits per heavy atom. The maximum Gasteiger partial charge on any atom is 0.261 e. The van der Waals surface area contributed by atoms with Gasteiger partial charge in [0.1, 0.15) is 5.56 Å². The van der Waals surface area contributed by atoms with E-state index in [0.717, 1.165) is 43.4 Å². The largest absolute Gasteiger partial charge is 0.351 e. The molecule has 1 saturated heterocycles. The molecule has 148 valence electrons. The van der Waals surface area contributed by atoms with Crippen LogP contribution in [0.1, 0.15) is 68.6 Å². The monoisotopic (exact) mass is 373 g/mol. The lowest BCUT2D eigenvalue weighted by Gasteiger charge is -2.34. The number of rotatable bonds is 3. The number of piperidine rings is 1. The number of nitrogens with zero attached hydrogens (tertiary/aromatic N) is 1. The average Bonchev–Trinajstić information content (AvgIpc) is 2.60. The number of aryl methyl sites for hydroxylation is 1. The van der Waals surface area contributed by atoms with Crippen LogP contribution in [-0.2, 0) is 17.6 Å². The SMILES string of the molecule is CC(C)C(=O)NC1CCCN(C(=O)c2cc3c([nH]c2=O)CCC(C)(C)C3)C1. The maximum atomic E-state index is 13.0. The van der Waals surface area contributed by atoms with E-state index in [0.29, 0.717) is 13.1 Å². The molecule has 2 amide bonds. The van der Waals surface area contributed by atoms with Gasteiger partial charge in [-0.2, -0.15) is 0 Å². The van der Waals surface area contributed by atoms with Gasteiger partial charge in [0.2, 0.25) is 5.91 Å². The Labute approximate surface area is 160 Å². The van der Waals surface area contributed by atoms with Crippen molar-refractivity contribution in [1.29, 1.82) is 0 Å². The van der Waals surface area contributed by atoms with Gasteiger partial charge >= 0.3 is 0 Å². The number of amides is 2. The number of pyridine rings is 1. The molecule has 0 saturated carbocycles. The van der Waals surface area contributed by atoms with Crippen molar-refractivity contribution in [3.63, 3.8) is 0 Å². The number of nitrogens with one attached hydrogen (secondary N) is 2. The van der Waals surface area contributed by atoms with E-state index in [1.807, 2.05) is 13.8 Å². The first-order chi connectivity index (χ1) is 12.7. The Balaban J connectivity index is 1.77. The first kappa shape index (κ1) is 19.6. The van der Waals surface area contributed by atoms with E-state index >= 15 is 0 Å². The van der Waals surface area contributed by atoms with Crippen molar-refractivity contribution in [3.8, 4) is 0 Å². The predicted octanol–water partition coefficient (Wildman–Crippen LogP) is 2.27. The summed E-state index contributed by atoms with van der Waals surface area (Å²) in [5, 5.41) is 3.01. The summed E-state index contributed by atoms with van der Waals surface area (Å²) in [4.78, 5) is 42.1. The highest BCUT2D eigenvalue weighted by Gasteiger charge is 2.30. The number of aromatic nitrogens is 1. The average molecular weight is 373 g/mol. The van der Waals surface area contributed by atoms with Crippen LogP contribution < -0.4 is 10.9 Å². The number of fused-ring (bicyclic) bond motifs is 1. The second-order valence-corrected chi connectivity index (χ2v) is 9.11. The fourth-order valence-electron chi connectivity index (χ4n) is 4.04. The van der Waals surface area contributed by atoms with Gasteiger partial charge in [0.05, 0.1) is 0 Å². The van der Waals surface area contributed by atoms with Gasteiger partial charge in [-0.05, 0) is 49.1 Å². The van der Waals surface area contributed by atoms with Crippen LogP contribution in [0.25, 0.3) is 0 Å². The predicted molar refractivity (Wildman–Crippen MR) is 105 cm³/mol. The van der Waals surface area contributed by atoms with Gasteiger partial charge in [-0.25, -0.2) is 0 Å². The zero-order chi connectivity index (χ0) is 19.8. The summed E-state index contributed by atoms with van der Waals surface area (Å²) in [7, 11) is 0. The number of carbonyl (C=O) groups excluding carboxylic acids is 2. The number of H-pyrrole nitrogens is 1. The van der Waals surface area contributed by atoms with Gasteiger partial charge in [-0.15, -0.1) is 0 Å². The molecule has 2 heterocycles. The molecule has 2 N–H and O–H groups in total. The number of aromatic amines is 1. The minimum absolute atomic E-state index is 0.00292. The zero-order valence-electron chi connectivity index (χ0n) is 16.9. The molecule has 1 aliphatic carbocycles. The summed E-state index contributed by atoms with van der Waals surface area (Å²) < 4.78 is 0. The van der Waals surface area contributed by atoms with Crippen molar-refractivity contribution < 1.29 is 9.59 Å². The molecule has 3 rings (SSSR count). The second kappa shape index (κ2) is 7.49. The van der Waals surface area contributed by atoms with Crippen molar-refractivity contribution >= 4 is 11.8 Å². The van der Waals surface area contributed by atoms with E-state index in [2.05, 4.69) is 24.1 Å². The van der Waals surface area contributed by atoms with Crippen LogP contribution in [0.2, 0.25) is 0 Å². The third-order valence-corrected chi connectivity index (χ3v) is 5.75. The third-order valence-electron chi connectivity index (χ3n) is 5.75. The van der Waals surface area contributed by atoms with Gasteiger partial charge < -0.3 is 15.2 Å². The third kappa shape index (κ3) is 4.42. The van der Waals surface area contributed by atoms with E-state index in [1.165, 1.54) is 0 Å². The zero-order valence-corrected chi connectivity index (χ0v) is 16.9. The molecule has 6 heteroatoms. The Kier molecular flexibility index (Phi) is 5.45. The van der Waals surface area contributed by atoms with E-state index < -0.39 is 0 Å². The van der Waals surface area contributed by atoms with Gasteiger partial charge in [0, 0.05) is 30.7 Å². The van der Waals surface area contributed by atoms with Crippen LogP contribution in [0.5, 0.6) is 0 Å². The van der Waals surface area contributed by atoms with Crippen LogP contribution in [0.15, 0.2) is 10.9 Å². The maximum absolute atomic E-state index is 13.0. The molecule has 6 nitrogen and oxygen atoms in total. The number of carbonyl (C=O) groups is 2. The molecular weight excluding hydrogens is 342 g/mol. The first-order valence-electron chi connectivity index (χ1n) is 10.0. The highest BCUT2D eigenvalue weighted by Crippen LogP contribution is 2.33. The first-order valence-corrected chi connectivity index (χ1v) is 10.0. The minimum Gasteiger partial charge on any atom is -0.351 e. The van der Waals surface area contributed by atoms with Crippen molar-refractivity contribution in [2.75, 3.05) is 13.1 Å². The molecule has 1 unspecified atom stereocenters. The van der Waals surface area contributed by atoms with Gasteiger partial charge in [-0.1, -0.05) is 27.7 Å². The number of hydrogen-bond acceptors (Lipinski definition) is 3. The van der Waals surface area contributed by atoms with Crippen LogP contribution in [-0.4, -0.2) is 40.8 Å². The summed E-state index contributed by atoms with van der Waals surface area (Å²) in [5.41, 5.74) is 2.16. The van der Waals surface area contributed by atoms with E-state index in [9.17, 15) is 14.4 Å². The molecule has 0 spiro atoms. The normalized spacial score (nSPS) is 21.7. The van der Waals surface area contributed by atoms with Crippen LogP contribution >= 0.6 is 0 Å². The standard InChI is InChI=1S/C21H31N3O3/c1-13(2)18(25)22-15-6-5-9-24(12-15)20(27)16-10-14-11-21(3,4)8-7-17(14)23-19(16)26/h10,13,15H,5-9,11-12H2,1-4H3,(H,22,25)(H,23,26). The molecule has 0 aromatic carbocycles. The lowest BCUT2D eigenvalue weighted by Crippen LogP contribution is -2.51. The molecule has 1 aliphatic heterocycles.